The Labute approximate surface area is 556 Å². The number of benzene rings is 15. The Balaban J connectivity index is 0.819. The van der Waals surface area contributed by atoms with Crippen LogP contribution in [0.4, 0.5) is 34.1 Å². The van der Waals surface area contributed by atoms with E-state index >= 15 is 0 Å². The van der Waals surface area contributed by atoms with Gasteiger partial charge in [-0.2, -0.15) is 0 Å². The van der Waals surface area contributed by atoms with Crippen LogP contribution in [0.15, 0.2) is 340 Å². The van der Waals surface area contributed by atoms with E-state index in [9.17, 15) is 0 Å². The molecule has 0 bridgehead atoms. The minimum absolute atomic E-state index is 0.0482. The standard InChI is InChI=1S/C91H57BN4/c1-7-23-57(24-8-1)63-43-45-79-76(53-63)87-73-37-19-35-71-74-55-75-72-36-20-38-77-91(72)96(86(75)56-85(74)95(90(71)73)82-40-21-39-81(88(82)87)93(79)69-49-65(59-27-11-3-12-28-59)47-66(50-69)60-29-13-4-14-30-60)84-42-22-41-83-89(84)92(77)78-54-64(58-25-9-2-10-26-58)44-46-80(78)94(83)70-51-67(61-31-15-5-16-32-61)48-68(52-70)62-33-17-6-18-34-62/h1-56,87H. The summed E-state index contributed by atoms with van der Waals surface area (Å²) in [5.74, 6) is -0.0482. The highest BCUT2D eigenvalue weighted by atomic mass is 15.2. The number of aromatic nitrogens is 2. The third kappa shape index (κ3) is 7.74. The molecule has 0 saturated carbocycles. The van der Waals surface area contributed by atoms with Gasteiger partial charge in [0.25, 0.3) is 6.71 Å². The molecule has 21 rings (SSSR count). The summed E-state index contributed by atoms with van der Waals surface area (Å²) in [7, 11) is 0. The third-order valence-corrected chi connectivity index (χ3v) is 21.2. The van der Waals surface area contributed by atoms with Crippen molar-refractivity contribution in [2.75, 3.05) is 9.80 Å². The number of hydrogen-bond donors (Lipinski definition) is 0. The van der Waals surface area contributed by atoms with E-state index in [0.717, 1.165) is 11.4 Å². The first-order valence-electron chi connectivity index (χ1n) is 33.5. The largest absolute Gasteiger partial charge is 0.311 e. The van der Waals surface area contributed by atoms with Crippen LogP contribution in [-0.2, 0) is 0 Å². The number of hydrogen-bond acceptors (Lipinski definition) is 2. The fraction of sp³-hybridized carbons (Fsp3) is 0.0110. The molecule has 6 heterocycles. The van der Waals surface area contributed by atoms with Gasteiger partial charge < -0.3 is 18.9 Å². The molecule has 15 aromatic carbocycles. The maximum absolute atomic E-state index is 2.64. The van der Waals surface area contributed by atoms with E-state index in [2.05, 4.69) is 359 Å². The second-order valence-electron chi connectivity index (χ2n) is 26.3. The minimum Gasteiger partial charge on any atom is -0.311 e. The van der Waals surface area contributed by atoms with Crippen LogP contribution >= 0.6 is 0 Å². The van der Waals surface area contributed by atoms with E-state index in [4.69, 9.17) is 0 Å². The van der Waals surface area contributed by atoms with Gasteiger partial charge in [0.1, 0.15) is 0 Å². The van der Waals surface area contributed by atoms with E-state index in [1.54, 1.807) is 0 Å². The zero-order valence-electron chi connectivity index (χ0n) is 52.3. The molecule has 4 nitrogen and oxygen atoms in total. The topological polar surface area (TPSA) is 16.3 Å². The molecule has 0 aliphatic carbocycles. The Morgan fingerprint density at radius 1 is 0.229 bits per heavy atom. The fourth-order valence-corrected chi connectivity index (χ4v) is 17.1. The van der Waals surface area contributed by atoms with Crippen molar-refractivity contribution in [3.05, 3.63) is 356 Å². The predicted octanol–water partition coefficient (Wildman–Crippen LogP) is 21.8. The van der Waals surface area contributed by atoms with E-state index in [0.29, 0.717) is 0 Å². The van der Waals surface area contributed by atoms with E-state index in [1.165, 1.54) is 178 Å². The van der Waals surface area contributed by atoms with Crippen LogP contribution in [0.25, 0.3) is 122 Å². The van der Waals surface area contributed by atoms with Crippen LogP contribution in [0.2, 0.25) is 0 Å². The average Bonchev–Trinajstić information content (AvgIpc) is 1.31. The van der Waals surface area contributed by atoms with Gasteiger partial charge >= 0.3 is 0 Å². The normalized spacial score (nSPS) is 13.7. The maximum atomic E-state index is 2.64. The number of fused-ring (bicyclic) bond motifs is 14. The van der Waals surface area contributed by atoms with E-state index < -0.39 is 0 Å². The van der Waals surface area contributed by atoms with Crippen molar-refractivity contribution in [2.24, 2.45) is 0 Å². The van der Waals surface area contributed by atoms with Crippen molar-refractivity contribution in [3.8, 4) is 78.1 Å². The Kier molecular flexibility index (Phi) is 11.4. The van der Waals surface area contributed by atoms with Gasteiger partial charge in [0.2, 0.25) is 0 Å². The van der Waals surface area contributed by atoms with Gasteiger partial charge in [-0.25, -0.2) is 0 Å². The fourth-order valence-electron chi connectivity index (χ4n) is 17.1. The van der Waals surface area contributed by atoms with Crippen LogP contribution in [0.5, 0.6) is 0 Å². The van der Waals surface area contributed by atoms with Gasteiger partial charge in [-0.05, 0) is 185 Å². The molecule has 4 aliphatic heterocycles. The van der Waals surface area contributed by atoms with Crippen molar-refractivity contribution >= 4 is 101 Å². The second-order valence-corrected chi connectivity index (χ2v) is 26.3. The quantitative estimate of drug-likeness (QED) is 0.141. The number of anilines is 6. The van der Waals surface area contributed by atoms with Crippen molar-refractivity contribution < 1.29 is 0 Å². The summed E-state index contributed by atoms with van der Waals surface area (Å²) in [6, 6.07) is 128. The Bertz CT molecular complexity index is 5590. The highest BCUT2D eigenvalue weighted by Crippen LogP contribution is 2.59. The number of nitrogens with zero attached hydrogens (tertiary/aromatic N) is 4. The van der Waals surface area contributed by atoms with Crippen molar-refractivity contribution in [3.63, 3.8) is 0 Å². The van der Waals surface area contributed by atoms with Gasteiger partial charge in [-0.3, -0.25) is 0 Å². The molecular weight excluding hydrogens is 1160 g/mol. The lowest BCUT2D eigenvalue weighted by molar-refractivity contribution is 0.897. The number of para-hydroxylation sites is 2. The minimum atomic E-state index is -0.0482. The molecule has 1 atom stereocenters. The first kappa shape index (κ1) is 53.1. The number of rotatable bonds is 8. The monoisotopic (exact) mass is 1220 g/mol. The molecular formula is C91H57BN4. The highest BCUT2D eigenvalue weighted by Gasteiger charge is 2.44. The molecule has 0 radical (unpaired) electrons. The summed E-state index contributed by atoms with van der Waals surface area (Å²) >= 11 is 0. The van der Waals surface area contributed by atoms with Gasteiger partial charge in [0, 0.05) is 67.0 Å². The highest BCUT2D eigenvalue weighted by molar-refractivity contribution is 7.00. The van der Waals surface area contributed by atoms with Crippen LogP contribution < -0.4 is 26.2 Å². The molecule has 4 aliphatic rings. The van der Waals surface area contributed by atoms with Crippen molar-refractivity contribution in [2.45, 2.75) is 5.92 Å². The zero-order valence-corrected chi connectivity index (χ0v) is 52.3. The molecule has 2 aromatic heterocycles. The SMILES string of the molecule is c1ccc(-c2cc(-c3ccccc3)cc(N3c4ccc(-c5ccccc5)cc4B4c5c3cccc5-n3c5cc6c(cc5c5cccc4c53)c3cccc4c3n6-c3cccc5c3C4c3cc(-c4ccccc4)ccc3N5c3cc(-c4ccccc4)cc(-c4ccccc4)c3)c2)cc1. The Hall–Kier alpha value is -12.4. The summed E-state index contributed by atoms with van der Waals surface area (Å²) in [6.45, 7) is -0.0482. The van der Waals surface area contributed by atoms with Crippen molar-refractivity contribution in [1.82, 2.24) is 9.13 Å². The van der Waals surface area contributed by atoms with E-state index in [1.807, 2.05) is 0 Å². The molecule has 1 unspecified atom stereocenters. The smallest absolute Gasteiger partial charge is 0.252 e. The van der Waals surface area contributed by atoms with Crippen LogP contribution in [0.3, 0.4) is 0 Å². The van der Waals surface area contributed by atoms with Gasteiger partial charge in [0.15, 0.2) is 0 Å². The Morgan fingerprint density at radius 3 is 1.20 bits per heavy atom. The molecule has 96 heavy (non-hydrogen) atoms. The summed E-state index contributed by atoms with van der Waals surface area (Å²) < 4.78 is 5.28. The summed E-state index contributed by atoms with van der Waals surface area (Å²) in [6.07, 6.45) is 0. The Morgan fingerprint density at radius 2 is 0.656 bits per heavy atom. The lowest BCUT2D eigenvalue weighted by Crippen LogP contribution is -2.60. The predicted molar refractivity (Wildman–Crippen MR) is 403 cm³/mol. The van der Waals surface area contributed by atoms with Crippen molar-refractivity contribution in [1.29, 1.82) is 0 Å². The van der Waals surface area contributed by atoms with Crippen LogP contribution in [0.1, 0.15) is 22.6 Å². The molecule has 17 aromatic rings. The second kappa shape index (κ2) is 20.5. The summed E-state index contributed by atoms with van der Waals surface area (Å²) in [4.78, 5) is 5.14. The average molecular weight is 1220 g/mol. The van der Waals surface area contributed by atoms with Crippen LogP contribution in [-0.4, -0.2) is 15.8 Å². The zero-order chi connectivity index (χ0) is 62.7. The lowest BCUT2D eigenvalue weighted by Gasteiger charge is -2.41. The van der Waals surface area contributed by atoms with E-state index in [-0.39, 0.29) is 12.6 Å². The van der Waals surface area contributed by atoms with Gasteiger partial charge in [0.05, 0.1) is 33.6 Å². The molecule has 0 saturated heterocycles. The molecule has 0 fully saturated rings. The first-order chi connectivity index (χ1) is 47.6. The third-order valence-electron chi connectivity index (χ3n) is 21.2. The summed E-state index contributed by atoms with van der Waals surface area (Å²) in [5, 5.41) is 5.04. The molecule has 5 heteroatoms. The molecule has 0 spiro atoms. The van der Waals surface area contributed by atoms with Gasteiger partial charge in [-0.1, -0.05) is 249 Å². The molecule has 0 N–H and O–H groups in total. The summed E-state index contributed by atoms with van der Waals surface area (Å²) in [5.41, 5.74) is 36.5. The van der Waals surface area contributed by atoms with Gasteiger partial charge in [-0.15, -0.1) is 0 Å². The molecule has 444 valence electrons. The molecule has 0 amide bonds. The maximum Gasteiger partial charge on any atom is 0.252 e. The van der Waals surface area contributed by atoms with Crippen LogP contribution in [0, 0.1) is 0 Å². The first-order valence-corrected chi connectivity index (χ1v) is 33.5. The lowest BCUT2D eigenvalue weighted by atomic mass is 9.33.